The van der Waals surface area contributed by atoms with E-state index in [-0.39, 0.29) is 12.2 Å². The van der Waals surface area contributed by atoms with Gasteiger partial charge >= 0.3 is 5.97 Å². The zero-order valence-corrected chi connectivity index (χ0v) is 11.3. The number of aromatic hydroxyl groups is 1. The number of hydrogen-bond acceptors (Lipinski definition) is 5. The molecule has 0 saturated carbocycles. The highest BCUT2D eigenvalue weighted by atomic mass is 16.5. The van der Waals surface area contributed by atoms with Gasteiger partial charge in [0, 0.05) is 12.5 Å². The molecule has 5 heteroatoms. The molecule has 2 aliphatic rings. The van der Waals surface area contributed by atoms with Crippen LogP contribution in [0.2, 0.25) is 0 Å². The Morgan fingerprint density at radius 3 is 2.67 bits per heavy atom. The summed E-state index contributed by atoms with van der Waals surface area (Å²) in [7, 11) is 0. The Kier molecular flexibility index (Phi) is 3.50. The fraction of sp³-hybridized carbons (Fsp3) is 0.188. The lowest BCUT2D eigenvalue weighted by molar-refractivity contribution is -0.135. The van der Waals surface area contributed by atoms with Crippen LogP contribution in [0.4, 0.5) is 0 Å². The third kappa shape index (κ3) is 2.98. The Bertz CT molecular complexity index is 666. The van der Waals surface area contributed by atoms with Gasteiger partial charge < -0.3 is 20.3 Å². The average Bonchev–Trinajstić information content (AvgIpc) is 2.47. The van der Waals surface area contributed by atoms with Gasteiger partial charge in [0.15, 0.2) is 0 Å². The molecule has 21 heavy (non-hydrogen) atoms. The molecule has 4 rings (SSSR count). The van der Waals surface area contributed by atoms with Crippen molar-refractivity contribution in [1.29, 1.82) is 0 Å². The number of carbonyl (C=O) groups excluding carboxylic acids is 1. The van der Waals surface area contributed by atoms with Gasteiger partial charge in [-0.1, -0.05) is 18.2 Å². The highest BCUT2D eigenvalue weighted by Gasteiger charge is 2.20. The van der Waals surface area contributed by atoms with Crippen molar-refractivity contribution in [3.05, 3.63) is 53.6 Å². The molecule has 0 radical (unpaired) electrons. The van der Waals surface area contributed by atoms with Crippen LogP contribution in [-0.2, 0) is 17.8 Å². The number of carbonyl (C=O) groups is 1. The van der Waals surface area contributed by atoms with E-state index in [0.29, 0.717) is 18.1 Å². The number of rotatable bonds is 0. The molecule has 108 valence electrons. The highest BCUT2D eigenvalue weighted by molar-refractivity contribution is 5.78. The molecule has 2 aliphatic heterocycles. The molecule has 0 fully saturated rings. The first-order valence-electron chi connectivity index (χ1n) is 6.63. The second-order valence-corrected chi connectivity index (χ2v) is 4.96. The Labute approximate surface area is 121 Å². The SMILES string of the molecule is NC1Cc2ccc(O)cc2OCc2ccc(cc2)OC1=O. The maximum Gasteiger partial charge on any atom is 0.328 e. The summed E-state index contributed by atoms with van der Waals surface area (Å²) in [6, 6.07) is 11.0. The van der Waals surface area contributed by atoms with Gasteiger partial charge in [-0.3, -0.25) is 0 Å². The van der Waals surface area contributed by atoms with Gasteiger partial charge in [0.1, 0.15) is 29.9 Å². The average molecular weight is 285 g/mol. The Balaban J connectivity index is 2.00. The first-order valence-corrected chi connectivity index (χ1v) is 6.63. The summed E-state index contributed by atoms with van der Waals surface area (Å²) in [5.74, 6) is 0.586. The van der Waals surface area contributed by atoms with Crippen molar-refractivity contribution in [3.63, 3.8) is 0 Å². The number of phenolic OH excluding ortho intramolecular Hbond substituents is 1. The predicted molar refractivity (Wildman–Crippen MR) is 76.2 cm³/mol. The molecule has 0 aliphatic carbocycles. The molecular weight excluding hydrogens is 270 g/mol. The predicted octanol–water partition coefficient (Wildman–Crippen LogP) is 1.76. The second kappa shape index (κ2) is 5.46. The number of ether oxygens (including phenoxy) is 2. The summed E-state index contributed by atoms with van der Waals surface area (Å²) in [5, 5.41) is 9.58. The van der Waals surface area contributed by atoms with Gasteiger partial charge in [0.25, 0.3) is 0 Å². The van der Waals surface area contributed by atoms with E-state index in [1.807, 2.05) is 12.1 Å². The van der Waals surface area contributed by atoms with Crippen LogP contribution >= 0.6 is 0 Å². The molecule has 3 N–H and O–H groups in total. The van der Waals surface area contributed by atoms with E-state index < -0.39 is 12.0 Å². The molecule has 0 amide bonds. The second-order valence-electron chi connectivity index (χ2n) is 4.96. The van der Waals surface area contributed by atoms with Crippen LogP contribution in [-0.4, -0.2) is 17.1 Å². The molecule has 1 unspecified atom stereocenters. The van der Waals surface area contributed by atoms with E-state index in [1.54, 1.807) is 24.3 Å². The van der Waals surface area contributed by atoms with Gasteiger partial charge in [-0.05, 0) is 29.3 Å². The fourth-order valence-electron chi connectivity index (χ4n) is 2.17. The summed E-state index contributed by atoms with van der Waals surface area (Å²) in [4.78, 5) is 12.0. The van der Waals surface area contributed by atoms with Gasteiger partial charge in [0.05, 0.1) is 0 Å². The number of hydrogen-bond donors (Lipinski definition) is 2. The first-order chi connectivity index (χ1) is 10.1. The van der Waals surface area contributed by atoms with Crippen LogP contribution in [0, 0.1) is 0 Å². The summed E-state index contributed by atoms with van der Waals surface area (Å²) in [6.45, 7) is 0.361. The van der Waals surface area contributed by atoms with Crippen molar-refractivity contribution < 1.29 is 19.4 Å². The van der Waals surface area contributed by atoms with Crippen molar-refractivity contribution in [3.8, 4) is 17.2 Å². The van der Waals surface area contributed by atoms with Crippen molar-refractivity contribution in [2.45, 2.75) is 19.1 Å². The Morgan fingerprint density at radius 2 is 1.90 bits per heavy atom. The van der Waals surface area contributed by atoms with E-state index in [9.17, 15) is 9.90 Å². The maximum atomic E-state index is 12.0. The van der Waals surface area contributed by atoms with E-state index in [0.717, 1.165) is 11.1 Å². The molecule has 0 aromatic heterocycles. The van der Waals surface area contributed by atoms with Crippen molar-refractivity contribution in [1.82, 2.24) is 0 Å². The summed E-state index contributed by atoms with van der Waals surface area (Å²) in [6.07, 6.45) is 0.282. The van der Waals surface area contributed by atoms with Crippen LogP contribution in [0.1, 0.15) is 11.1 Å². The van der Waals surface area contributed by atoms with E-state index in [4.69, 9.17) is 15.2 Å². The quantitative estimate of drug-likeness (QED) is 0.569. The molecular formula is C16H15NO4. The van der Waals surface area contributed by atoms with Crippen LogP contribution < -0.4 is 15.2 Å². The Morgan fingerprint density at radius 1 is 1.14 bits per heavy atom. The van der Waals surface area contributed by atoms with Crippen LogP contribution in [0.3, 0.4) is 0 Å². The molecule has 2 heterocycles. The minimum atomic E-state index is -0.795. The molecule has 2 bridgehead atoms. The van der Waals surface area contributed by atoms with Crippen molar-refractivity contribution in [2.75, 3.05) is 0 Å². The molecule has 2 aromatic carbocycles. The lowest BCUT2D eigenvalue weighted by Gasteiger charge is -2.17. The summed E-state index contributed by atoms with van der Waals surface area (Å²) >= 11 is 0. The molecule has 2 aromatic rings. The lowest BCUT2D eigenvalue weighted by Crippen LogP contribution is -2.36. The number of nitrogens with two attached hydrogens (primary N) is 1. The lowest BCUT2D eigenvalue weighted by atomic mass is 10.0. The van der Waals surface area contributed by atoms with Crippen LogP contribution in [0.25, 0.3) is 0 Å². The van der Waals surface area contributed by atoms with E-state index in [2.05, 4.69) is 0 Å². The molecule has 0 saturated heterocycles. The molecule has 1 atom stereocenters. The number of benzene rings is 2. The zero-order chi connectivity index (χ0) is 14.8. The van der Waals surface area contributed by atoms with Gasteiger partial charge in [-0.15, -0.1) is 0 Å². The largest absolute Gasteiger partial charge is 0.508 e. The number of phenols is 1. The topological polar surface area (TPSA) is 81.8 Å². The number of esters is 1. The first kappa shape index (κ1) is 13.5. The normalized spacial score (nSPS) is 18.0. The minimum absolute atomic E-state index is 0.104. The van der Waals surface area contributed by atoms with E-state index >= 15 is 0 Å². The Hall–Kier alpha value is -2.53. The van der Waals surface area contributed by atoms with E-state index in [1.165, 1.54) is 6.07 Å². The van der Waals surface area contributed by atoms with Crippen LogP contribution in [0.15, 0.2) is 42.5 Å². The summed E-state index contributed by atoms with van der Waals surface area (Å²) < 4.78 is 11.0. The monoisotopic (exact) mass is 285 g/mol. The maximum absolute atomic E-state index is 12.0. The van der Waals surface area contributed by atoms with Crippen LogP contribution in [0.5, 0.6) is 17.2 Å². The molecule has 5 nitrogen and oxygen atoms in total. The third-order valence-corrected chi connectivity index (χ3v) is 3.33. The van der Waals surface area contributed by atoms with Gasteiger partial charge in [0.2, 0.25) is 0 Å². The van der Waals surface area contributed by atoms with Crippen molar-refractivity contribution >= 4 is 5.97 Å². The molecule has 0 spiro atoms. The highest BCUT2D eigenvalue weighted by Crippen LogP contribution is 2.27. The van der Waals surface area contributed by atoms with Gasteiger partial charge in [-0.25, -0.2) is 4.79 Å². The third-order valence-electron chi connectivity index (χ3n) is 3.33. The number of fused-ring (bicyclic) bond motifs is 6. The fourth-order valence-corrected chi connectivity index (χ4v) is 2.17. The van der Waals surface area contributed by atoms with Gasteiger partial charge in [-0.2, -0.15) is 0 Å². The standard InChI is InChI=1S/C16H15NO4/c17-14-7-11-3-4-12(18)8-15(11)20-9-10-1-5-13(6-2-10)21-16(14)19/h1-6,8,14,18H,7,9,17H2. The van der Waals surface area contributed by atoms with Crippen molar-refractivity contribution in [2.24, 2.45) is 5.73 Å². The zero-order valence-electron chi connectivity index (χ0n) is 11.3. The summed E-state index contributed by atoms with van der Waals surface area (Å²) in [5.41, 5.74) is 7.58. The minimum Gasteiger partial charge on any atom is -0.508 e. The smallest absolute Gasteiger partial charge is 0.328 e.